The molecule has 1 amide bonds. The molecular formula is C18H27NO3S. The van der Waals surface area contributed by atoms with Crippen molar-refractivity contribution >= 4 is 21.4 Å². The zero-order valence-electron chi connectivity index (χ0n) is 14.1. The molecule has 4 nitrogen and oxygen atoms in total. The molecule has 2 rings (SSSR count). The smallest absolute Gasteiger partial charge is 0.224 e. The number of sulfone groups is 1. The molecule has 128 valence electrons. The zero-order valence-corrected chi connectivity index (χ0v) is 14.9. The molecule has 1 aromatic carbocycles. The molecule has 0 aliphatic heterocycles. The topological polar surface area (TPSA) is 63.2 Å². The predicted octanol–water partition coefficient (Wildman–Crippen LogP) is 4.09. The summed E-state index contributed by atoms with van der Waals surface area (Å²) in [7, 11) is -3.26. The SMILES string of the molecule is Cc1ccc(S(C)(=O)=O)cc1NC(=O)CCCC1CCCCC1. The van der Waals surface area contributed by atoms with Crippen molar-refractivity contribution in [2.75, 3.05) is 11.6 Å². The summed E-state index contributed by atoms with van der Waals surface area (Å²) in [5, 5.41) is 2.86. The van der Waals surface area contributed by atoms with Crippen molar-refractivity contribution in [3.05, 3.63) is 23.8 Å². The number of carbonyl (C=O) groups is 1. The molecule has 0 radical (unpaired) electrons. The molecule has 0 atom stereocenters. The molecule has 0 aromatic heterocycles. The van der Waals surface area contributed by atoms with E-state index in [1.807, 2.05) is 6.92 Å². The van der Waals surface area contributed by atoms with Gasteiger partial charge in [0.25, 0.3) is 0 Å². The van der Waals surface area contributed by atoms with E-state index in [4.69, 9.17) is 0 Å². The minimum absolute atomic E-state index is 0.0328. The summed E-state index contributed by atoms with van der Waals surface area (Å²) in [6.07, 6.45) is 10.3. The number of hydrogen-bond donors (Lipinski definition) is 1. The lowest BCUT2D eigenvalue weighted by molar-refractivity contribution is -0.116. The number of rotatable bonds is 6. The lowest BCUT2D eigenvalue weighted by Gasteiger charge is -2.21. The van der Waals surface area contributed by atoms with Crippen LogP contribution in [0.5, 0.6) is 0 Å². The average molecular weight is 337 g/mol. The van der Waals surface area contributed by atoms with Crippen molar-refractivity contribution in [1.29, 1.82) is 0 Å². The summed E-state index contributed by atoms with van der Waals surface area (Å²) in [5.41, 5.74) is 1.47. The molecule has 5 heteroatoms. The first kappa shape index (κ1) is 18.0. The second kappa shape index (κ2) is 7.95. The van der Waals surface area contributed by atoms with Gasteiger partial charge in [0.15, 0.2) is 9.84 Å². The van der Waals surface area contributed by atoms with Crippen LogP contribution in [0.15, 0.2) is 23.1 Å². The lowest BCUT2D eigenvalue weighted by Crippen LogP contribution is -2.14. The summed E-state index contributed by atoms with van der Waals surface area (Å²) in [6, 6.07) is 4.85. The van der Waals surface area contributed by atoms with Crippen LogP contribution in [-0.2, 0) is 14.6 Å². The standard InChI is InChI=1S/C18H27NO3S/c1-14-11-12-16(23(2,21)22)13-17(14)19-18(20)10-6-9-15-7-4-3-5-8-15/h11-13,15H,3-10H2,1-2H3,(H,19,20). The van der Waals surface area contributed by atoms with Crippen LogP contribution in [0.3, 0.4) is 0 Å². The van der Waals surface area contributed by atoms with E-state index in [0.717, 1.165) is 24.3 Å². The third-order valence-electron chi connectivity index (χ3n) is 4.65. The van der Waals surface area contributed by atoms with E-state index < -0.39 is 9.84 Å². The fraction of sp³-hybridized carbons (Fsp3) is 0.611. The third kappa shape index (κ3) is 5.65. The highest BCUT2D eigenvalue weighted by molar-refractivity contribution is 7.90. The Morgan fingerprint density at radius 2 is 1.91 bits per heavy atom. The summed E-state index contributed by atoms with van der Waals surface area (Å²) >= 11 is 0. The summed E-state index contributed by atoms with van der Waals surface area (Å²) in [6.45, 7) is 1.86. The van der Waals surface area contributed by atoms with Crippen molar-refractivity contribution in [1.82, 2.24) is 0 Å². The number of anilines is 1. The summed E-state index contributed by atoms with van der Waals surface area (Å²) in [4.78, 5) is 12.3. The number of hydrogen-bond acceptors (Lipinski definition) is 3. The van der Waals surface area contributed by atoms with Crippen molar-refractivity contribution in [3.8, 4) is 0 Å². The number of benzene rings is 1. The van der Waals surface area contributed by atoms with Crippen molar-refractivity contribution < 1.29 is 13.2 Å². The number of nitrogens with one attached hydrogen (secondary N) is 1. The van der Waals surface area contributed by atoms with Crippen LogP contribution in [0.1, 0.15) is 56.9 Å². The number of amides is 1. The van der Waals surface area contributed by atoms with E-state index in [9.17, 15) is 13.2 Å². The molecule has 1 saturated carbocycles. The van der Waals surface area contributed by atoms with Crippen LogP contribution in [-0.4, -0.2) is 20.6 Å². The van der Waals surface area contributed by atoms with E-state index in [2.05, 4.69) is 5.32 Å². The molecule has 0 heterocycles. The van der Waals surface area contributed by atoms with Crippen LogP contribution in [0.4, 0.5) is 5.69 Å². The Morgan fingerprint density at radius 1 is 1.22 bits per heavy atom. The molecular weight excluding hydrogens is 310 g/mol. The fourth-order valence-corrected chi connectivity index (χ4v) is 3.85. The number of aryl methyl sites for hydroxylation is 1. The van der Waals surface area contributed by atoms with E-state index >= 15 is 0 Å². The largest absolute Gasteiger partial charge is 0.326 e. The second-order valence-corrected chi connectivity index (χ2v) is 8.71. The molecule has 0 saturated heterocycles. The van der Waals surface area contributed by atoms with Gasteiger partial charge in [0.05, 0.1) is 4.90 Å². The van der Waals surface area contributed by atoms with E-state index in [1.165, 1.54) is 38.4 Å². The van der Waals surface area contributed by atoms with E-state index in [-0.39, 0.29) is 10.8 Å². The van der Waals surface area contributed by atoms with Crippen molar-refractivity contribution in [3.63, 3.8) is 0 Å². The van der Waals surface area contributed by atoms with Crippen LogP contribution in [0.25, 0.3) is 0 Å². The highest BCUT2D eigenvalue weighted by Crippen LogP contribution is 2.28. The minimum Gasteiger partial charge on any atom is -0.326 e. The minimum atomic E-state index is -3.26. The predicted molar refractivity (Wildman–Crippen MR) is 93.3 cm³/mol. The van der Waals surface area contributed by atoms with E-state index in [1.54, 1.807) is 18.2 Å². The van der Waals surface area contributed by atoms with E-state index in [0.29, 0.717) is 12.1 Å². The van der Waals surface area contributed by atoms with Gasteiger partial charge in [0.2, 0.25) is 5.91 Å². The van der Waals surface area contributed by atoms with Crippen molar-refractivity contribution in [2.24, 2.45) is 5.92 Å². The maximum absolute atomic E-state index is 12.1. The Morgan fingerprint density at radius 3 is 2.57 bits per heavy atom. The molecule has 23 heavy (non-hydrogen) atoms. The van der Waals surface area contributed by atoms with Gasteiger partial charge in [0, 0.05) is 18.4 Å². The molecule has 1 aliphatic rings. The molecule has 1 aromatic rings. The van der Waals surface area contributed by atoms with Gasteiger partial charge in [-0.2, -0.15) is 0 Å². The highest BCUT2D eigenvalue weighted by Gasteiger charge is 2.14. The third-order valence-corrected chi connectivity index (χ3v) is 5.76. The molecule has 1 N–H and O–H groups in total. The van der Waals surface area contributed by atoms with Gasteiger partial charge in [-0.05, 0) is 43.4 Å². The Bertz CT molecular complexity index is 646. The Kier molecular flexibility index (Phi) is 6.22. The molecule has 1 aliphatic carbocycles. The summed E-state index contributed by atoms with van der Waals surface area (Å²) in [5.74, 6) is 0.751. The lowest BCUT2D eigenvalue weighted by atomic mass is 9.86. The highest BCUT2D eigenvalue weighted by atomic mass is 32.2. The first-order valence-corrected chi connectivity index (χ1v) is 10.4. The molecule has 0 spiro atoms. The van der Waals surface area contributed by atoms with Crippen LogP contribution in [0, 0.1) is 12.8 Å². The van der Waals surface area contributed by atoms with Gasteiger partial charge in [-0.1, -0.05) is 38.2 Å². The normalized spacial score (nSPS) is 16.3. The Labute approximate surface area is 139 Å². The van der Waals surface area contributed by atoms with Crippen LogP contribution in [0.2, 0.25) is 0 Å². The zero-order chi connectivity index (χ0) is 16.9. The number of carbonyl (C=O) groups excluding carboxylic acids is 1. The van der Waals surface area contributed by atoms with Gasteiger partial charge in [-0.25, -0.2) is 8.42 Å². The quantitative estimate of drug-likeness (QED) is 0.850. The average Bonchev–Trinajstić information content (AvgIpc) is 2.49. The molecule has 1 fully saturated rings. The van der Waals surface area contributed by atoms with Gasteiger partial charge < -0.3 is 5.32 Å². The van der Waals surface area contributed by atoms with Gasteiger partial charge in [-0.15, -0.1) is 0 Å². The van der Waals surface area contributed by atoms with Crippen LogP contribution >= 0.6 is 0 Å². The second-order valence-electron chi connectivity index (χ2n) is 6.69. The Hall–Kier alpha value is -1.36. The van der Waals surface area contributed by atoms with Gasteiger partial charge in [-0.3, -0.25) is 4.79 Å². The molecule has 0 bridgehead atoms. The Balaban J connectivity index is 1.87. The first-order chi connectivity index (χ1) is 10.9. The maximum Gasteiger partial charge on any atom is 0.224 e. The van der Waals surface area contributed by atoms with Crippen molar-refractivity contribution in [2.45, 2.75) is 63.2 Å². The van der Waals surface area contributed by atoms with Gasteiger partial charge in [0.1, 0.15) is 0 Å². The molecule has 0 unspecified atom stereocenters. The van der Waals surface area contributed by atoms with Gasteiger partial charge >= 0.3 is 0 Å². The maximum atomic E-state index is 12.1. The van der Waals surface area contributed by atoms with Crippen LogP contribution < -0.4 is 5.32 Å². The fourth-order valence-electron chi connectivity index (χ4n) is 3.21. The first-order valence-electron chi connectivity index (χ1n) is 8.47. The monoisotopic (exact) mass is 337 g/mol. The summed E-state index contributed by atoms with van der Waals surface area (Å²) < 4.78 is 23.2.